The summed E-state index contributed by atoms with van der Waals surface area (Å²) in [5, 5.41) is 0.350. The number of hydrogen-bond acceptors (Lipinski definition) is 6. The molecule has 0 aliphatic carbocycles. The van der Waals surface area contributed by atoms with E-state index in [4.69, 9.17) is 16.0 Å². The summed E-state index contributed by atoms with van der Waals surface area (Å²) in [6, 6.07) is 11.2. The summed E-state index contributed by atoms with van der Waals surface area (Å²) in [6.45, 7) is 1.75. The highest BCUT2D eigenvalue weighted by atomic mass is 35.5. The van der Waals surface area contributed by atoms with Crippen molar-refractivity contribution in [3.63, 3.8) is 0 Å². The van der Waals surface area contributed by atoms with Crippen molar-refractivity contribution in [3.05, 3.63) is 53.1 Å². The standard InChI is InChI=1S/C18H17ClN2O4S2/c1-11(17(22)12-5-4-6-13(19)9-12)26-18-20-15-10-14(7-8-16(15)25-18)27(23,24)21(2)3/h4-11H,1-3H3. The number of carbonyl (C=O) groups excluding carboxylic acids is 1. The number of hydrogen-bond donors (Lipinski definition) is 0. The maximum absolute atomic E-state index is 12.5. The second kappa shape index (κ2) is 7.63. The molecule has 1 atom stereocenters. The number of thioether (sulfide) groups is 1. The number of aromatic nitrogens is 1. The number of rotatable bonds is 6. The van der Waals surface area contributed by atoms with Crippen molar-refractivity contribution in [1.29, 1.82) is 0 Å². The Kier molecular flexibility index (Phi) is 5.62. The van der Waals surface area contributed by atoms with Crippen molar-refractivity contribution in [1.82, 2.24) is 9.29 Å². The maximum Gasteiger partial charge on any atom is 0.257 e. The van der Waals surface area contributed by atoms with Crippen molar-refractivity contribution in [2.45, 2.75) is 22.3 Å². The first-order valence-electron chi connectivity index (χ1n) is 7.98. The molecule has 6 nitrogen and oxygen atoms in total. The van der Waals surface area contributed by atoms with E-state index in [9.17, 15) is 13.2 Å². The number of fused-ring (bicyclic) bond motifs is 1. The van der Waals surface area contributed by atoms with Gasteiger partial charge < -0.3 is 4.42 Å². The lowest BCUT2D eigenvalue weighted by atomic mass is 10.1. The molecule has 0 saturated heterocycles. The quantitative estimate of drug-likeness (QED) is 0.438. The van der Waals surface area contributed by atoms with E-state index in [1.807, 2.05) is 0 Å². The average Bonchev–Trinajstić information content (AvgIpc) is 3.02. The Balaban J connectivity index is 1.84. The minimum Gasteiger partial charge on any atom is -0.431 e. The molecule has 0 bridgehead atoms. The smallest absolute Gasteiger partial charge is 0.257 e. The molecule has 0 N–H and O–H groups in total. The molecule has 0 aliphatic rings. The predicted molar refractivity (Wildman–Crippen MR) is 106 cm³/mol. The van der Waals surface area contributed by atoms with Crippen LogP contribution in [0, 0.1) is 0 Å². The van der Waals surface area contributed by atoms with Gasteiger partial charge in [0.05, 0.1) is 10.1 Å². The lowest BCUT2D eigenvalue weighted by Crippen LogP contribution is -2.22. The summed E-state index contributed by atoms with van der Waals surface area (Å²) in [5.74, 6) is -0.0966. The number of Topliss-reactive ketones (excluding diaryl/α,β-unsaturated/α-hetero) is 1. The van der Waals surface area contributed by atoms with Gasteiger partial charge in [-0.1, -0.05) is 35.5 Å². The molecule has 1 aromatic heterocycles. The first-order valence-corrected chi connectivity index (χ1v) is 10.7. The van der Waals surface area contributed by atoms with E-state index in [2.05, 4.69) is 4.98 Å². The molecule has 0 saturated carbocycles. The third kappa shape index (κ3) is 4.19. The van der Waals surface area contributed by atoms with Crippen LogP contribution in [0.3, 0.4) is 0 Å². The van der Waals surface area contributed by atoms with Crippen molar-refractivity contribution >= 4 is 50.3 Å². The van der Waals surface area contributed by atoms with Crippen molar-refractivity contribution in [3.8, 4) is 0 Å². The van der Waals surface area contributed by atoms with Crippen LogP contribution in [-0.4, -0.2) is 42.8 Å². The molecule has 2 aromatic carbocycles. The molecule has 142 valence electrons. The van der Waals surface area contributed by atoms with E-state index >= 15 is 0 Å². The number of oxazole rings is 1. The lowest BCUT2D eigenvalue weighted by Gasteiger charge is -2.10. The van der Waals surface area contributed by atoms with Crippen molar-refractivity contribution in [2.75, 3.05) is 14.1 Å². The van der Waals surface area contributed by atoms with Crippen LogP contribution in [0.5, 0.6) is 0 Å². The van der Waals surface area contributed by atoms with Gasteiger partial charge in [0, 0.05) is 24.7 Å². The first-order chi connectivity index (χ1) is 12.7. The molecule has 9 heteroatoms. The van der Waals surface area contributed by atoms with Gasteiger partial charge in [-0.3, -0.25) is 4.79 Å². The number of sulfonamides is 1. The van der Waals surface area contributed by atoms with Crippen LogP contribution in [0.4, 0.5) is 0 Å². The van der Waals surface area contributed by atoms with Gasteiger partial charge in [0.15, 0.2) is 11.4 Å². The number of carbonyl (C=O) groups is 1. The SMILES string of the molecule is CC(Sc1nc2cc(S(=O)(=O)N(C)C)ccc2o1)C(=O)c1cccc(Cl)c1. The van der Waals surface area contributed by atoms with Crippen LogP contribution in [0.25, 0.3) is 11.1 Å². The van der Waals surface area contributed by atoms with Crippen molar-refractivity contribution < 1.29 is 17.6 Å². The van der Waals surface area contributed by atoms with Crippen LogP contribution in [-0.2, 0) is 10.0 Å². The van der Waals surface area contributed by atoms with Gasteiger partial charge in [-0.2, -0.15) is 0 Å². The monoisotopic (exact) mass is 424 g/mol. The fraction of sp³-hybridized carbons (Fsp3) is 0.222. The Labute approximate surface area is 166 Å². The maximum atomic E-state index is 12.5. The van der Waals surface area contributed by atoms with E-state index in [1.165, 1.54) is 38.0 Å². The topological polar surface area (TPSA) is 80.5 Å². The number of benzene rings is 2. The first kappa shape index (κ1) is 19.9. The Bertz CT molecular complexity index is 1110. The Morgan fingerprint density at radius 3 is 2.63 bits per heavy atom. The fourth-order valence-corrected chi connectivity index (χ4v) is 4.34. The number of nitrogens with zero attached hydrogens (tertiary/aromatic N) is 2. The van der Waals surface area contributed by atoms with Gasteiger partial charge in [0.25, 0.3) is 5.22 Å². The van der Waals surface area contributed by atoms with E-state index in [0.29, 0.717) is 26.9 Å². The Morgan fingerprint density at radius 2 is 1.96 bits per heavy atom. The molecule has 0 radical (unpaired) electrons. The van der Waals surface area contributed by atoms with Crippen LogP contribution in [0.2, 0.25) is 5.02 Å². The third-order valence-electron chi connectivity index (χ3n) is 3.87. The highest BCUT2D eigenvalue weighted by Gasteiger charge is 2.22. The minimum absolute atomic E-state index is 0.0966. The third-order valence-corrected chi connectivity index (χ3v) is 6.86. The number of ketones is 1. The largest absolute Gasteiger partial charge is 0.431 e. The van der Waals surface area contributed by atoms with Gasteiger partial charge in [-0.15, -0.1) is 0 Å². The Morgan fingerprint density at radius 1 is 1.22 bits per heavy atom. The van der Waals surface area contributed by atoms with E-state index < -0.39 is 15.3 Å². The van der Waals surface area contributed by atoms with Crippen molar-refractivity contribution in [2.24, 2.45) is 0 Å². The zero-order chi connectivity index (χ0) is 19.8. The molecule has 0 amide bonds. The van der Waals surface area contributed by atoms with E-state index in [-0.39, 0.29) is 10.7 Å². The highest BCUT2D eigenvalue weighted by Crippen LogP contribution is 2.30. The van der Waals surface area contributed by atoms with Crippen LogP contribution in [0.1, 0.15) is 17.3 Å². The van der Waals surface area contributed by atoms with Crippen LogP contribution >= 0.6 is 23.4 Å². The fourth-order valence-electron chi connectivity index (χ4n) is 2.39. The van der Waals surface area contributed by atoms with Crippen LogP contribution in [0.15, 0.2) is 57.0 Å². The van der Waals surface area contributed by atoms with Gasteiger partial charge >= 0.3 is 0 Å². The molecule has 3 rings (SSSR count). The number of halogens is 1. The Hall–Kier alpha value is -1.87. The molecular formula is C18H17ClN2O4S2. The highest BCUT2D eigenvalue weighted by molar-refractivity contribution is 8.00. The molecule has 0 fully saturated rings. The van der Waals surface area contributed by atoms with Gasteiger partial charge in [0.1, 0.15) is 5.52 Å². The molecule has 0 aliphatic heterocycles. The molecule has 1 unspecified atom stereocenters. The summed E-state index contributed by atoms with van der Waals surface area (Å²) in [6.07, 6.45) is 0. The van der Waals surface area contributed by atoms with Crippen LogP contribution < -0.4 is 0 Å². The molecule has 1 heterocycles. The normalized spacial score (nSPS) is 13.2. The zero-order valence-corrected chi connectivity index (χ0v) is 17.2. The summed E-state index contributed by atoms with van der Waals surface area (Å²) in [4.78, 5) is 17.0. The molecule has 0 spiro atoms. The summed E-state index contributed by atoms with van der Waals surface area (Å²) in [5.41, 5.74) is 1.39. The second-order valence-corrected chi connectivity index (χ2v) is 9.91. The summed E-state index contributed by atoms with van der Waals surface area (Å²) >= 11 is 7.11. The summed E-state index contributed by atoms with van der Waals surface area (Å²) < 4.78 is 31.3. The zero-order valence-electron chi connectivity index (χ0n) is 14.8. The molecule has 27 heavy (non-hydrogen) atoms. The average molecular weight is 425 g/mol. The summed E-state index contributed by atoms with van der Waals surface area (Å²) in [7, 11) is -0.627. The van der Waals surface area contributed by atoms with E-state index in [0.717, 1.165) is 4.31 Å². The molecular weight excluding hydrogens is 408 g/mol. The molecule has 3 aromatic rings. The predicted octanol–water partition coefficient (Wildman–Crippen LogP) is 4.10. The lowest BCUT2D eigenvalue weighted by molar-refractivity contribution is 0.0993. The minimum atomic E-state index is -3.56. The second-order valence-electron chi connectivity index (χ2n) is 6.03. The van der Waals surface area contributed by atoms with Gasteiger partial charge in [0.2, 0.25) is 10.0 Å². The van der Waals surface area contributed by atoms with E-state index in [1.54, 1.807) is 37.3 Å². The van der Waals surface area contributed by atoms with Gasteiger partial charge in [-0.05, 0) is 37.3 Å². The van der Waals surface area contributed by atoms with Gasteiger partial charge in [-0.25, -0.2) is 17.7 Å².